The van der Waals surface area contributed by atoms with E-state index in [0.717, 1.165) is 30.0 Å². The molecule has 17 heavy (non-hydrogen) atoms. The first-order valence-corrected chi connectivity index (χ1v) is 6.46. The van der Waals surface area contributed by atoms with Gasteiger partial charge in [0.05, 0.1) is 5.69 Å². The lowest BCUT2D eigenvalue weighted by Crippen LogP contribution is -2.20. The van der Waals surface area contributed by atoms with Gasteiger partial charge in [-0.25, -0.2) is 4.98 Å². The molecule has 2 fully saturated rings. The van der Waals surface area contributed by atoms with Crippen LogP contribution in [0.2, 0.25) is 0 Å². The lowest BCUT2D eigenvalue weighted by molar-refractivity contribution is 0.348. The van der Waals surface area contributed by atoms with Crippen LogP contribution in [0.4, 0.5) is 5.69 Å². The van der Waals surface area contributed by atoms with Crippen molar-refractivity contribution >= 4 is 5.69 Å². The number of anilines is 1. The summed E-state index contributed by atoms with van der Waals surface area (Å²) in [5.41, 5.74) is 1.40. The van der Waals surface area contributed by atoms with Crippen LogP contribution in [0.3, 0.4) is 0 Å². The van der Waals surface area contributed by atoms with Crippen molar-refractivity contribution in [2.24, 2.45) is 17.8 Å². The molecule has 3 nitrogen and oxygen atoms in total. The van der Waals surface area contributed by atoms with E-state index in [2.05, 4.69) is 16.4 Å². The standard InChI is InChI=1S/C14H17N3/c15-8-14-13(2-1-5-16-14)17-9-12-7-10-3-4-11(12)6-10/h1-2,5,10-12,17H,3-4,6-7,9H2. The number of nitrogens with zero attached hydrogens (tertiary/aromatic N) is 2. The van der Waals surface area contributed by atoms with Crippen LogP contribution in [-0.2, 0) is 0 Å². The van der Waals surface area contributed by atoms with Crippen LogP contribution in [0.25, 0.3) is 0 Å². The molecule has 2 saturated carbocycles. The van der Waals surface area contributed by atoms with Crippen molar-refractivity contribution in [1.82, 2.24) is 4.98 Å². The molecular weight excluding hydrogens is 210 g/mol. The van der Waals surface area contributed by atoms with Crippen LogP contribution in [0, 0.1) is 29.1 Å². The summed E-state index contributed by atoms with van der Waals surface area (Å²) in [6.45, 7) is 1.00. The van der Waals surface area contributed by atoms with Gasteiger partial charge in [0.1, 0.15) is 6.07 Å². The lowest BCUT2D eigenvalue weighted by Gasteiger charge is -2.22. The topological polar surface area (TPSA) is 48.7 Å². The Hall–Kier alpha value is -1.56. The number of pyridine rings is 1. The summed E-state index contributed by atoms with van der Waals surface area (Å²) in [6.07, 6.45) is 7.33. The Bertz CT molecular complexity index is 449. The van der Waals surface area contributed by atoms with Gasteiger partial charge in [-0.1, -0.05) is 6.42 Å². The summed E-state index contributed by atoms with van der Waals surface area (Å²) in [5, 5.41) is 12.4. The van der Waals surface area contributed by atoms with E-state index in [-0.39, 0.29) is 0 Å². The lowest BCUT2D eigenvalue weighted by atomic mass is 9.89. The molecule has 0 aliphatic heterocycles. The Labute approximate surface area is 102 Å². The highest BCUT2D eigenvalue weighted by Gasteiger charge is 2.39. The maximum atomic E-state index is 8.96. The number of hydrogen-bond donors (Lipinski definition) is 1. The van der Waals surface area contributed by atoms with Crippen molar-refractivity contribution in [2.75, 3.05) is 11.9 Å². The predicted molar refractivity (Wildman–Crippen MR) is 66.4 cm³/mol. The van der Waals surface area contributed by atoms with Crippen molar-refractivity contribution in [3.8, 4) is 6.07 Å². The summed E-state index contributed by atoms with van der Waals surface area (Å²) in [5.74, 6) is 2.71. The molecule has 2 aliphatic carbocycles. The summed E-state index contributed by atoms with van der Waals surface area (Å²) >= 11 is 0. The molecule has 0 spiro atoms. The number of rotatable bonds is 3. The Kier molecular flexibility index (Phi) is 2.72. The van der Waals surface area contributed by atoms with Crippen LogP contribution in [0.15, 0.2) is 18.3 Å². The van der Waals surface area contributed by atoms with Gasteiger partial charge in [-0.05, 0) is 49.1 Å². The summed E-state index contributed by atoms with van der Waals surface area (Å²) in [7, 11) is 0. The zero-order valence-corrected chi connectivity index (χ0v) is 9.89. The van der Waals surface area contributed by atoms with Crippen LogP contribution in [0.5, 0.6) is 0 Å². The molecule has 0 amide bonds. The third kappa shape index (κ3) is 2.00. The first-order chi connectivity index (χ1) is 8.36. The van der Waals surface area contributed by atoms with Gasteiger partial charge in [0, 0.05) is 12.7 Å². The highest BCUT2D eigenvalue weighted by molar-refractivity contribution is 5.53. The molecular formula is C14H17N3. The van der Waals surface area contributed by atoms with E-state index in [9.17, 15) is 0 Å². The average molecular weight is 227 g/mol. The van der Waals surface area contributed by atoms with Gasteiger partial charge in [-0.2, -0.15) is 5.26 Å². The molecule has 2 bridgehead atoms. The fourth-order valence-electron chi connectivity index (χ4n) is 3.50. The second-order valence-electron chi connectivity index (χ2n) is 5.33. The molecule has 3 unspecified atom stereocenters. The van der Waals surface area contributed by atoms with Crippen molar-refractivity contribution in [2.45, 2.75) is 25.7 Å². The van der Waals surface area contributed by atoms with Gasteiger partial charge >= 0.3 is 0 Å². The van der Waals surface area contributed by atoms with Gasteiger partial charge in [0.25, 0.3) is 0 Å². The molecule has 0 radical (unpaired) electrons. The van der Waals surface area contributed by atoms with Gasteiger partial charge in [-0.15, -0.1) is 0 Å². The number of nitrogens with one attached hydrogen (secondary N) is 1. The molecule has 3 rings (SSSR count). The van der Waals surface area contributed by atoms with Crippen molar-refractivity contribution in [3.63, 3.8) is 0 Å². The quantitative estimate of drug-likeness (QED) is 0.863. The minimum absolute atomic E-state index is 0.510. The van der Waals surface area contributed by atoms with E-state index in [4.69, 9.17) is 5.26 Å². The van der Waals surface area contributed by atoms with E-state index >= 15 is 0 Å². The van der Waals surface area contributed by atoms with E-state index in [1.807, 2.05) is 12.1 Å². The van der Waals surface area contributed by atoms with E-state index in [1.165, 1.54) is 25.7 Å². The largest absolute Gasteiger partial charge is 0.382 e. The molecule has 1 aromatic rings. The summed E-state index contributed by atoms with van der Waals surface area (Å²) in [6, 6.07) is 5.95. The fourth-order valence-corrected chi connectivity index (χ4v) is 3.50. The first kappa shape index (κ1) is 10.6. The number of nitriles is 1. The van der Waals surface area contributed by atoms with Crippen LogP contribution in [0.1, 0.15) is 31.4 Å². The molecule has 1 N–H and O–H groups in total. The summed E-state index contributed by atoms with van der Waals surface area (Å²) < 4.78 is 0. The minimum Gasteiger partial charge on any atom is -0.382 e. The average Bonchev–Trinajstić information content (AvgIpc) is 2.98. The maximum Gasteiger partial charge on any atom is 0.163 e. The number of aromatic nitrogens is 1. The van der Waals surface area contributed by atoms with Crippen molar-refractivity contribution in [1.29, 1.82) is 5.26 Å². The third-order valence-electron chi connectivity index (χ3n) is 4.35. The number of hydrogen-bond acceptors (Lipinski definition) is 3. The highest BCUT2D eigenvalue weighted by Crippen LogP contribution is 2.48. The first-order valence-electron chi connectivity index (χ1n) is 6.46. The molecule has 0 saturated heterocycles. The SMILES string of the molecule is N#Cc1ncccc1NCC1CC2CCC1C2. The van der Waals surface area contributed by atoms with Crippen molar-refractivity contribution < 1.29 is 0 Å². The predicted octanol–water partition coefficient (Wildman–Crippen LogP) is 2.80. The van der Waals surface area contributed by atoms with E-state index < -0.39 is 0 Å². The minimum atomic E-state index is 0.510. The zero-order valence-electron chi connectivity index (χ0n) is 9.89. The summed E-state index contributed by atoms with van der Waals surface area (Å²) in [4.78, 5) is 4.07. The monoisotopic (exact) mass is 227 g/mol. The Morgan fingerprint density at radius 2 is 2.35 bits per heavy atom. The Morgan fingerprint density at radius 3 is 3.06 bits per heavy atom. The molecule has 1 aromatic heterocycles. The van der Waals surface area contributed by atoms with Gasteiger partial charge in [0.2, 0.25) is 0 Å². The van der Waals surface area contributed by atoms with E-state index in [1.54, 1.807) is 6.20 Å². The molecule has 0 aromatic carbocycles. The number of fused-ring (bicyclic) bond motifs is 2. The third-order valence-corrected chi connectivity index (χ3v) is 4.35. The highest BCUT2D eigenvalue weighted by atomic mass is 14.9. The molecule has 88 valence electrons. The second-order valence-corrected chi connectivity index (χ2v) is 5.33. The van der Waals surface area contributed by atoms with Crippen LogP contribution >= 0.6 is 0 Å². The van der Waals surface area contributed by atoms with Crippen LogP contribution in [-0.4, -0.2) is 11.5 Å². The Balaban J connectivity index is 1.63. The van der Waals surface area contributed by atoms with Gasteiger partial charge in [-0.3, -0.25) is 0 Å². The molecule has 2 aliphatic rings. The smallest absolute Gasteiger partial charge is 0.163 e. The Morgan fingerprint density at radius 1 is 1.41 bits per heavy atom. The van der Waals surface area contributed by atoms with Crippen molar-refractivity contribution in [3.05, 3.63) is 24.0 Å². The molecule has 3 atom stereocenters. The van der Waals surface area contributed by atoms with Crippen LogP contribution < -0.4 is 5.32 Å². The normalized spacial score (nSPS) is 30.2. The maximum absolute atomic E-state index is 8.96. The van der Waals surface area contributed by atoms with Gasteiger partial charge < -0.3 is 5.32 Å². The molecule has 1 heterocycles. The van der Waals surface area contributed by atoms with E-state index in [0.29, 0.717) is 5.69 Å². The van der Waals surface area contributed by atoms with Gasteiger partial charge in [0.15, 0.2) is 5.69 Å². The fraction of sp³-hybridized carbons (Fsp3) is 0.571. The molecule has 3 heteroatoms. The second kappa shape index (κ2) is 4.37. The zero-order chi connectivity index (χ0) is 11.7.